The number of hydrogen-bond donors (Lipinski definition) is 0. The number of rotatable bonds is 3. The van der Waals surface area contributed by atoms with Crippen molar-refractivity contribution in [2.24, 2.45) is 0 Å². The van der Waals surface area contributed by atoms with E-state index in [1.807, 2.05) is 13.1 Å². The van der Waals surface area contributed by atoms with Gasteiger partial charge in [0.25, 0.3) is 0 Å². The van der Waals surface area contributed by atoms with Crippen LogP contribution in [0.4, 0.5) is 18.9 Å². The summed E-state index contributed by atoms with van der Waals surface area (Å²) >= 11 is 0. The number of fused-ring (bicyclic) bond motifs is 1. The van der Waals surface area contributed by atoms with E-state index in [0.29, 0.717) is 0 Å². The molecule has 0 bridgehead atoms. The fourth-order valence-electron chi connectivity index (χ4n) is 3.54. The van der Waals surface area contributed by atoms with E-state index in [-0.39, 0.29) is 12.0 Å². The highest BCUT2D eigenvalue weighted by molar-refractivity contribution is 5.61. The van der Waals surface area contributed by atoms with Crippen LogP contribution in [0.15, 0.2) is 55.1 Å². The summed E-state index contributed by atoms with van der Waals surface area (Å²) in [6.45, 7) is 5.98. The van der Waals surface area contributed by atoms with Gasteiger partial charge in [-0.3, -0.25) is 0 Å². The van der Waals surface area contributed by atoms with Crippen molar-refractivity contribution in [2.45, 2.75) is 31.5 Å². The maximum Gasteiger partial charge on any atom is 0.416 e. The molecule has 0 radical (unpaired) electrons. The van der Waals surface area contributed by atoms with Crippen LogP contribution in [0, 0.1) is 6.92 Å². The maximum absolute atomic E-state index is 12.8. The second-order valence-corrected chi connectivity index (χ2v) is 6.40. The highest BCUT2D eigenvalue weighted by atomic mass is 19.4. The molecule has 0 aromatic heterocycles. The first-order chi connectivity index (χ1) is 11.3. The number of nitrogens with zero attached hydrogens (tertiary/aromatic N) is 1. The van der Waals surface area contributed by atoms with Gasteiger partial charge in [-0.1, -0.05) is 35.9 Å². The summed E-state index contributed by atoms with van der Waals surface area (Å²) in [5.74, 6) is -0.0232. The standard InChI is InChI=1S/C20H20F3N/c1-4-17(14-6-8-16(9-7-14)20(21,22)23)19-12-15-11-13(2)5-10-18(15)24(19)3/h4-11,17,19H,1,12H2,2-3H3/t17-,19-/m0/s1. The lowest BCUT2D eigenvalue weighted by molar-refractivity contribution is -0.137. The Labute approximate surface area is 140 Å². The third kappa shape index (κ3) is 2.93. The first kappa shape index (κ1) is 16.6. The summed E-state index contributed by atoms with van der Waals surface area (Å²) in [5.41, 5.74) is 3.92. The van der Waals surface area contributed by atoms with Crippen molar-refractivity contribution >= 4 is 5.69 Å². The van der Waals surface area contributed by atoms with Crippen molar-refractivity contribution in [3.05, 3.63) is 77.4 Å². The monoisotopic (exact) mass is 331 g/mol. The quantitative estimate of drug-likeness (QED) is 0.686. The summed E-state index contributed by atoms with van der Waals surface area (Å²) in [4.78, 5) is 2.21. The third-order valence-corrected chi connectivity index (χ3v) is 4.83. The van der Waals surface area contributed by atoms with Gasteiger partial charge < -0.3 is 4.90 Å². The van der Waals surface area contributed by atoms with Crippen LogP contribution >= 0.6 is 0 Å². The van der Waals surface area contributed by atoms with E-state index in [4.69, 9.17) is 0 Å². The summed E-state index contributed by atoms with van der Waals surface area (Å²) in [5, 5.41) is 0. The smallest absolute Gasteiger partial charge is 0.370 e. The highest BCUT2D eigenvalue weighted by Gasteiger charge is 2.34. The molecule has 1 heterocycles. The topological polar surface area (TPSA) is 3.24 Å². The van der Waals surface area contributed by atoms with Crippen molar-refractivity contribution in [3.8, 4) is 0 Å². The Bertz CT molecular complexity index is 746. The molecule has 0 amide bonds. The Morgan fingerprint density at radius 2 is 1.83 bits per heavy atom. The van der Waals surface area contributed by atoms with Crippen LogP contribution in [0.5, 0.6) is 0 Å². The van der Waals surface area contributed by atoms with Crippen molar-refractivity contribution in [1.82, 2.24) is 0 Å². The van der Waals surface area contributed by atoms with Gasteiger partial charge in [0.2, 0.25) is 0 Å². The lowest BCUT2D eigenvalue weighted by atomic mass is 9.88. The van der Waals surface area contributed by atoms with Gasteiger partial charge in [0.05, 0.1) is 5.56 Å². The molecule has 2 aromatic rings. The number of halogens is 3. The van der Waals surface area contributed by atoms with Crippen molar-refractivity contribution in [2.75, 3.05) is 11.9 Å². The fraction of sp³-hybridized carbons (Fsp3) is 0.300. The molecular weight excluding hydrogens is 311 g/mol. The van der Waals surface area contributed by atoms with Gasteiger partial charge in [0.15, 0.2) is 0 Å². The third-order valence-electron chi connectivity index (χ3n) is 4.83. The van der Waals surface area contributed by atoms with Crippen LogP contribution in [0.1, 0.15) is 28.2 Å². The minimum atomic E-state index is -4.31. The van der Waals surface area contributed by atoms with E-state index < -0.39 is 11.7 Å². The van der Waals surface area contributed by atoms with E-state index in [9.17, 15) is 13.2 Å². The zero-order chi connectivity index (χ0) is 17.5. The summed E-state index contributed by atoms with van der Waals surface area (Å²) < 4.78 is 38.3. The molecule has 0 N–H and O–H groups in total. The molecule has 0 saturated carbocycles. The Morgan fingerprint density at radius 1 is 1.17 bits per heavy atom. The fourth-order valence-corrected chi connectivity index (χ4v) is 3.54. The van der Waals surface area contributed by atoms with Crippen molar-refractivity contribution < 1.29 is 13.2 Å². The lowest BCUT2D eigenvalue weighted by Gasteiger charge is -2.29. The highest BCUT2D eigenvalue weighted by Crippen LogP contribution is 2.39. The molecule has 1 nitrogen and oxygen atoms in total. The van der Waals surface area contributed by atoms with Gasteiger partial charge in [0, 0.05) is 24.7 Å². The van der Waals surface area contributed by atoms with Gasteiger partial charge >= 0.3 is 6.18 Å². The van der Waals surface area contributed by atoms with Crippen LogP contribution in [-0.2, 0) is 12.6 Å². The number of aryl methyl sites for hydroxylation is 1. The Morgan fingerprint density at radius 3 is 2.42 bits per heavy atom. The Hall–Kier alpha value is -2.23. The largest absolute Gasteiger partial charge is 0.416 e. The summed E-state index contributed by atoms with van der Waals surface area (Å²) in [6.07, 6.45) is -1.60. The average molecular weight is 331 g/mol. The molecule has 2 aromatic carbocycles. The van der Waals surface area contributed by atoms with Crippen molar-refractivity contribution in [3.63, 3.8) is 0 Å². The lowest BCUT2D eigenvalue weighted by Crippen LogP contribution is -2.33. The van der Waals surface area contributed by atoms with Crippen molar-refractivity contribution in [1.29, 1.82) is 0 Å². The number of hydrogen-bond acceptors (Lipinski definition) is 1. The number of likely N-dealkylation sites (N-methyl/N-ethyl adjacent to an activating group) is 1. The predicted molar refractivity (Wildman–Crippen MR) is 91.5 cm³/mol. The first-order valence-electron chi connectivity index (χ1n) is 7.93. The molecular formula is C20H20F3N. The van der Waals surface area contributed by atoms with Gasteiger partial charge in [-0.15, -0.1) is 6.58 Å². The van der Waals surface area contributed by atoms with E-state index in [2.05, 4.69) is 36.6 Å². The zero-order valence-electron chi connectivity index (χ0n) is 13.8. The van der Waals surface area contributed by atoms with E-state index in [1.165, 1.54) is 16.8 Å². The van der Waals surface area contributed by atoms with Crippen LogP contribution in [-0.4, -0.2) is 13.1 Å². The molecule has 0 aliphatic carbocycles. The number of alkyl halides is 3. The minimum absolute atomic E-state index is 0.0232. The van der Waals surface area contributed by atoms with E-state index in [1.54, 1.807) is 12.1 Å². The van der Waals surface area contributed by atoms with E-state index >= 15 is 0 Å². The second-order valence-electron chi connectivity index (χ2n) is 6.40. The molecule has 4 heteroatoms. The van der Waals surface area contributed by atoms with Crippen LogP contribution in [0.2, 0.25) is 0 Å². The van der Waals surface area contributed by atoms with Gasteiger partial charge in [0.1, 0.15) is 0 Å². The predicted octanol–water partition coefficient (Wildman–Crippen LogP) is 5.34. The van der Waals surface area contributed by atoms with Crippen LogP contribution < -0.4 is 4.90 Å². The molecule has 3 rings (SSSR count). The van der Waals surface area contributed by atoms with Crippen LogP contribution in [0.25, 0.3) is 0 Å². The molecule has 24 heavy (non-hydrogen) atoms. The first-order valence-corrected chi connectivity index (χ1v) is 7.93. The number of anilines is 1. The Kier molecular flexibility index (Phi) is 4.16. The zero-order valence-corrected chi connectivity index (χ0v) is 13.8. The Balaban J connectivity index is 1.89. The molecule has 1 aliphatic rings. The molecule has 0 saturated heterocycles. The maximum atomic E-state index is 12.8. The molecule has 0 unspecified atom stereocenters. The molecule has 0 fully saturated rings. The minimum Gasteiger partial charge on any atom is -0.370 e. The molecule has 0 spiro atoms. The van der Waals surface area contributed by atoms with Gasteiger partial charge in [-0.25, -0.2) is 0 Å². The average Bonchev–Trinajstić information content (AvgIpc) is 2.84. The SMILES string of the molecule is C=C[C@@H](c1ccc(C(F)(F)F)cc1)[C@@H]1Cc2cc(C)ccc2N1C. The van der Waals surface area contributed by atoms with E-state index in [0.717, 1.165) is 24.1 Å². The van der Waals surface area contributed by atoms with Gasteiger partial charge in [-0.2, -0.15) is 13.2 Å². The normalized spacial score (nSPS) is 18.4. The summed E-state index contributed by atoms with van der Waals surface area (Å²) in [7, 11) is 2.03. The number of benzene rings is 2. The van der Waals surface area contributed by atoms with Gasteiger partial charge in [-0.05, 0) is 42.7 Å². The second kappa shape index (κ2) is 6.00. The molecule has 2 atom stereocenters. The summed E-state index contributed by atoms with van der Waals surface area (Å²) in [6, 6.07) is 12.0. The van der Waals surface area contributed by atoms with Crippen LogP contribution in [0.3, 0.4) is 0 Å². The molecule has 1 aliphatic heterocycles. The molecule has 126 valence electrons.